The Morgan fingerprint density at radius 2 is 1.93 bits per heavy atom. The number of primary amides is 1. The smallest absolute Gasteiger partial charge is 0.316 e. The molecule has 1 aromatic carbocycles. The third kappa shape index (κ3) is 4.60. The van der Waals surface area contributed by atoms with Crippen molar-refractivity contribution in [2.45, 2.75) is 37.9 Å². The van der Waals surface area contributed by atoms with Gasteiger partial charge in [0.2, 0.25) is 11.8 Å². The monoisotopic (exact) mass is 560 g/mol. The van der Waals surface area contributed by atoms with Crippen molar-refractivity contribution in [3.05, 3.63) is 59.6 Å². The Morgan fingerprint density at radius 1 is 1.12 bits per heavy atom. The maximum absolute atomic E-state index is 13.7. The number of fused-ring (bicyclic) bond motifs is 3. The fourth-order valence-corrected chi connectivity index (χ4v) is 5.97. The zero-order chi connectivity index (χ0) is 28.0. The lowest BCUT2D eigenvalue weighted by molar-refractivity contribution is -0.141. The van der Waals surface area contributed by atoms with E-state index < -0.39 is 11.9 Å². The van der Waals surface area contributed by atoms with Crippen molar-refractivity contribution in [1.82, 2.24) is 29.6 Å². The summed E-state index contributed by atoms with van der Waals surface area (Å²) in [5, 5.41) is 7.96. The van der Waals surface area contributed by atoms with Crippen LogP contribution in [0.2, 0.25) is 5.15 Å². The molecule has 1 saturated carbocycles. The lowest BCUT2D eigenvalue weighted by Crippen LogP contribution is -2.52. The molecule has 3 atom stereocenters. The molecule has 2 fully saturated rings. The normalized spacial score (nSPS) is 19.6. The van der Waals surface area contributed by atoms with E-state index in [0.717, 1.165) is 24.8 Å². The number of carbonyl (C=O) groups is 3. The van der Waals surface area contributed by atoms with Gasteiger partial charge in [-0.3, -0.25) is 19.1 Å². The molecular weight excluding hydrogens is 536 g/mol. The summed E-state index contributed by atoms with van der Waals surface area (Å²) >= 11 is 5.97. The van der Waals surface area contributed by atoms with Crippen molar-refractivity contribution < 1.29 is 19.1 Å². The molecule has 0 spiro atoms. The number of carbonyl (C=O) groups excluding carboxylic acids is 3. The maximum Gasteiger partial charge on any atom is 0.316 e. The van der Waals surface area contributed by atoms with Crippen LogP contribution in [-0.2, 0) is 16.1 Å². The summed E-state index contributed by atoms with van der Waals surface area (Å²) in [6.07, 6.45) is 5.67. The summed E-state index contributed by atoms with van der Waals surface area (Å²) < 4.78 is 6.48. The van der Waals surface area contributed by atoms with Crippen molar-refractivity contribution in [3.8, 4) is 17.1 Å². The number of halogens is 1. The SMILES string of the molecule is COc1ncc(-c2ccc3c(c2)c(C(N)=O)nn3CC(=O)N2[C@@H]3CC[C@@H](C3)[C@H]2C(=O)Nc2cccc(Cl)n2)cn1. The second kappa shape index (κ2) is 10.2. The van der Waals surface area contributed by atoms with Crippen LogP contribution < -0.4 is 15.8 Å². The maximum atomic E-state index is 13.7. The van der Waals surface area contributed by atoms with Gasteiger partial charge in [0.05, 0.1) is 12.6 Å². The molecule has 4 aromatic rings. The average molecular weight is 561 g/mol. The molecule has 3 N–H and O–H groups in total. The highest BCUT2D eigenvalue weighted by Gasteiger charge is 2.51. The van der Waals surface area contributed by atoms with E-state index in [-0.39, 0.29) is 47.2 Å². The molecule has 0 unspecified atom stereocenters. The van der Waals surface area contributed by atoms with Crippen LogP contribution in [-0.4, -0.2) is 66.5 Å². The van der Waals surface area contributed by atoms with E-state index >= 15 is 0 Å². The number of amides is 3. The summed E-state index contributed by atoms with van der Waals surface area (Å²) in [6.45, 7) is -0.156. The van der Waals surface area contributed by atoms with Gasteiger partial charge in [0.1, 0.15) is 23.6 Å². The summed E-state index contributed by atoms with van der Waals surface area (Å²) in [5.74, 6) is -0.900. The average Bonchev–Trinajstić information content (AvgIpc) is 3.66. The Morgan fingerprint density at radius 3 is 2.65 bits per heavy atom. The van der Waals surface area contributed by atoms with Crippen LogP contribution in [0.5, 0.6) is 6.01 Å². The molecule has 3 aromatic heterocycles. The summed E-state index contributed by atoms with van der Waals surface area (Å²) in [4.78, 5) is 53.4. The minimum absolute atomic E-state index is 0.0420. The highest BCUT2D eigenvalue weighted by Crippen LogP contribution is 2.43. The number of hydrogen-bond acceptors (Lipinski definition) is 8. The van der Waals surface area contributed by atoms with Crippen molar-refractivity contribution in [2.75, 3.05) is 12.4 Å². The lowest BCUT2D eigenvalue weighted by Gasteiger charge is -2.34. The van der Waals surface area contributed by atoms with E-state index in [1.165, 1.54) is 11.8 Å². The Balaban J connectivity index is 1.28. The van der Waals surface area contributed by atoms with E-state index in [4.69, 9.17) is 22.1 Å². The Bertz CT molecular complexity index is 1640. The molecule has 0 radical (unpaired) electrons. The number of methoxy groups -OCH3 is 1. The molecule has 2 aliphatic rings. The van der Waals surface area contributed by atoms with E-state index in [2.05, 4.69) is 25.4 Å². The number of nitrogens with one attached hydrogen (secondary N) is 1. The van der Waals surface area contributed by atoms with Crippen LogP contribution in [0.25, 0.3) is 22.0 Å². The van der Waals surface area contributed by atoms with E-state index in [9.17, 15) is 14.4 Å². The number of hydrogen-bond donors (Lipinski definition) is 2. The predicted molar refractivity (Wildman–Crippen MR) is 145 cm³/mol. The lowest BCUT2D eigenvalue weighted by atomic mass is 9.97. The van der Waals surface area contributed by atoms with Crippen LogP contribution in [0.1, 0.15) is 29.8 Å². The topological polar surface area (TPSA) is 158 Å². The molecule has 2 bridgehead atoms. The van der Waals surface area contributed by atoms with Crippen LogP contribution in [0.15, 0.2) is 48.8 Å². The number of ether oxygens (including phenoxy) is 1. The van der Waals surface area contributed by atoms with E-state index in [1.807, 2.05) is 6.07 Å². The number of aromatic nitrogens is 5. The molecular formula is C27H25ClN8O4. The van der Waals surface area contributed by atoms with Gasteiger partial charge in [-0.25, -0.2) is 15.0 Å². The Labute approximate surface area is 233 Å². The number of benzene rings is 1. The number of likely N-dealkylation sites (tertiary alicyclic amines) is 1. The Hall–Kier alpha value is -4.58. The molecule has 40 heavy (non-hydrogen) atoms. The molecule has 6 rings (SSSR count). The molecule has 13 heteroatoms. The second-order valence-electron chi connectivity index (χ2n) is 9.87. The van der Waals surface area contributed by atoms with Crippen molar-refractivity contribution in [3.63, 3.8) is 0 Å². The zero-order valence-electron chi connectivity index (χ0n) is 21.5. The van der Waals surface area contributed by atoms with Crippen LogP contribution in [0.4, 0.5) is 5.82 Å². The van der Waals surface area contributed by atoms with Crippen LogP contribution >= 0.6 is 11.6 Å². The molecule has 12 nitrogen and oxygen atoms in total. The summed E-state index contributed by atoms with van der Waals surface area (Å²) in [6, 6.07) is 9.89. The minimum Gasteiger partial charge on any atom is -0.467 e. The van der Waals surface area contributed by atoms with Gasteiger partial charge in [0.25, 0.3) is 5.91 Å². The standard InChI is InChI=1S/C27H25ClN8O4/c1-40-27-30-11-16(12-31-27)14-6-8-19-18(10-14)23(25(29)38)34-35(19)13-22(37)36-17-7-5-15(9-17)24(36)26(39)33-21-4-2-3-20(28)32-21/h2-4,6,8,10-12,15,17,24H,5,7,9,13H2,1H3,(H2,29,38)(H,32,33,39)/t15-,17+,24-/m0/s1. The van der Waals surface area contributed by atoms with Crippen molar-refractivity contribution in [1.29, 1.82) is 0 Å². The van der Waals surface area contributed by atoms with Gasteiger partial charge in [-0.15, -0.1) is 0 Å². The van der Waals surface area contributed by atoms with Gasteiger partial charge >= 0.3 is 6.01 Å². The highest BCUT2D eigenvalue weighted by molar-refractivity contribution is 6.29. The number of anilines is 1. The van der Waals surface area contributed by atoms with Gasteiger partial charge in [-0.2, -0.15) is 5.10 Å². The van der Waals surface area contributed by atoms with Gasteiger partial charge in [0.15, 0.2) is 5.69 Å². The van der Waals surface area contributed by atoms with E-state index in [0.29, 0.717) is 22.3 Å². The first-order valence-electron chi connectivity index (χ1n) is 12.7. The highest BCUT2D eigenvalue weighted by atomic mass is 35.5. The predicted octanol–water partition coefficient (Wildman–Crippen LogP) is 2.67. The number of nitrogens with zero attached hydrogens (tertiary/aromatic N) is 6. The largest absolute Gasteiger partial charge is 0.467 e. The Kier molecular flexibility index (Phi) is 6.54. The molecule has 1 saturated heterocycles. The summed E-state index contributed by atoms with van der Waals surface area (Å²) in [7, 11) is 1.48. The van der Waals surface area contributed by atoms with Crippen molar-refractivity contribution in [2.24, 2.45) is 11.7 Å². The van der Waals surface area contributed by atoms with E-state index in [1.54, 1.807) is 47.6 Å². The quantitative estimate of drug-likeness (QED) is 0.326. The van der Waals surface area contributed by atoms with Crippen LogP contribution in [0, 0.1) is 5.92 Å². The zero-order valence-corrected chi connectivity index (χ0v) is 22.2. The second-order valence-corrected chi connectivity index (χ2v) is 10.3. The van der Waals surface area contributed by atoms with Crippen molar-refractivity contribution >= 4 is 46.0 Å². The molecule has 1 aliphatic heterocycles. The third-order valence-electron chi connectivity index (χ3n) is 7.52. The van der Waals surface area contributed by atoms with Gasteiger partial charge in [-0.1, -0.05) is 23.7 Å². The number of piperidine rings is 1. The minimum atomic E-state index is -0.717. The first kappa shape index (κ1) is 25.7. The summed E-state index contributed by atoms with van der Waals surface area (Å²) in [5.41, 5.74) is 7.71. The first-order valence-corrected chi connectivity index (χ1v) is 13.1. The number of rotatable bonds is 7. The first-order chi connectivity index (χ1) is 19.3. The number of pyridine rings is 1. The third-order valence-corrected chi connectivity index (χ3v) is 7.73. The molecule has 4 heterocycles. The van der Waals surface area contributed by atoms with Crippen LogP contribution in [0.3, 0.4) is 0 Å². The number of nitrogens with two attached hydrogens (primary N) is 1. The molecule has 3 amide bonds. The fourth-order valence-electron chi connectivity index (χ4n) is 5.80. The van der Waals surface area contributed by atoms with Gasteiger partial charge in [0, 0.05) is 29.4 Å². The fraction of sp³-hybridized carbons (Fsp3) is 0.296. The van der Waals surface area contributed by atoms with Gasteiger partial charge in [-0.05, 0) is 55.0 Å². The molecule has 204 valence electrons. The molecule has 1 aliphatic carbocycles. The van der Waals surface area contributed by atoms with Gasteiger partial charge < -0.3 is 20.7 Å².